The van der Waals surface area contributed by atoms with Crippen LogP contribution < -0.4 is 24.8 Å². The molecule has 0 spiro atoms. The Morgan fingerprint density at radius 1 is 1.18 bits per heavy atom. The van der Waals surface area contributed by atoms with Crippen molar-refractivity contribution in [2.45, 2.75) is 13.3 Å². The molecule has 0 aromatic heterocycles. The standard InChI is InChI=1S/C15H22N2O4.ClH/c1-15(5-6-16-9-15)14(18)17-10-7-11(19-2)13(21-4)12(8-10)20-3;/h7-8,16H,5-6,9H2,1-4H3,(H,17,18);1H. The number of anilines is 1. The zero-order chi connectivity index (χ0) is 15.5. The lowest BCUT2D eigenvalue weighted by Crippen LogP contribution is -2.35. The number of nitrogens with one attached hydrogen (secondary N) is 2. The van der Waals surface area contributed by atoms with Crippen LogP contribution in [0.1, 0.15) is 13.3 Å². The number of amides is 1. The summed E-state index contributed by atoms with van der Waals surface area (Å²) in [5, 5.41) is 6.14. The number of carbonyl (C=O) groups excluding carboxylic acids is 1. The van der Waals surface area contributed by atoms with Crippen molar-refractivity contribution in [3.63, 3.8) is 0 Å². The summed E-state index contributed by atoms with van der Waals surface area (Å²) in [5.74, 6) is 1.53. The lowest BCUT2D eigenvalue weighted by molar-refractivity contribution is -0.123. The Kier molecular flexibility index (Phi) is 6.32. The first-order valence-corrected chi connectivity index (χ1v) is 6.86. The van der Waals surface area contributed by atoms with Crippen LogP contribution in [-0.2, 0) is 4.79 Å². The lowest BCUT2D eigenvalue weighted by Gasteiger charge is -2.22. The van der Waals surface area contributed by atoms with Crippen molar-refractivity contribution in [2.24, 2.45) is 5.41 Å². The van der Waals surface area contributed by atoms with Crippen LogP contribution in [0.4, 0.5) is 5.69 Å². The van der Waals surface area contributed by atoms with Gasteiger partial charge >= 0.3 is 0 Å². The number of ether oxygens (including phenoxy) is 3. The van der Waals surface area contributed by atoms with E-state index in [-0.39, 0.29) is 23.7 Å². The molecule has 1 saturated heterocycles. The van der Waals surface area contributed by atoms with E-state index in [2.05, 4.69) is 10.6 Å². The molecule has 0 saturated carbocycles. The van der Waals surface area contributed by atoms with Gasteiger partial charge in [-0.1, -0.05) is 0 Å². The highest BCUT2D eigenvalue weighted by Crippen LogP contribution is 2.40. The Labute approximate surface area is 136 Å². The quantitative estimate of drug-likeness (QED) is 0.865. The maximum absolute atomic E-state index is 12.4. The van der Waals surface area contributed by atoms with Gasteiger partial charge < -0.3 is 24.8 Å². The molecule has 2 N–H and O–H groups in total. The number of hydrogen-bond acceptors (Lipinski definition) is 5. The fraction of sp³-hybridized carbons (Fsp3) is 0.533. The van der Waals surface area contributed by atoms with Crippen LogP contribution in [0.25, 0.3) is 0 Å². The van der Waals surface area contributed by atoms with Crippen LogP contribution in [0.3, 0.4) is 0 Å². The van der Waals surface area contributed by atoms with Gasteiger partial charge in [0.1, 0.15) is 0 Å². The Morgan fingerprint density at radius 2 is 1.77 bits per heavy atom. The van der Waals surface area contributed by atoms with Crippen molar-refractivity contribution in [3.05, 3.63) is 12.1 Å². The van der Waals surface area contributed by atoms with Crippen LogP contribution in [0.5, 0.6) is 17.2 Å². The van der Waals surface area contributed by atoms with E-state index in [9.17, 15) is 4.79 Å². The van der Waals surface area contributed by atoms with E-state index in [1.807, 2.05) is 6.92 Å². The average Bonchev–Trinajstić information content (AvgIpc) is 2.94. The van der Waals surface area contributed by atoms with Crippen LogP contribution >= 0.6 is 12.4 Å². The lowest BCUT2D eigenvalue weighted by atomic mass is 9.89. The van der Waals surface area contributed by atoms with Crippen molar-refractivity contribution in [1.29, 1.82) is 0 Å². The highest BCUT2D eigenvalue weighted by molar-refractivity contribution is 5.96. The maximum atomic E-state index is 12.4. The van der Waals surface area contributed by atoms with Crippen LogP contribution in [0.2, 0.25) is 0 Å². The Morgan fingerprint density at radius 3 is 2.18 bits per heavy atom. The summed E-state index contributed by atoms with van der Waals surface area (Å²) in [6.45, 7) is 3.50. The fourth-order valence-corrected chi connectivity index (χ4v) is 2.45. The minimum Gasteiger partial charge on any atom is -0.493 e. The van der Waals surface area contributed by atoms with Gasteiger partial charge in [0.2, 0.25) is 11.7 Å². The molecule has 0 bridgehead atoms. The SMILES string of the molecule is COc1cc(NC(=O)C2(C)CCNC2)cc(OC)c1OC.Cl. The van der Waals surface area contributed by atoms with E-state index < -0.39 is 0 Å². The molecule has 1 heterocycles. The number of methoxy groups -OCH3 is 3. The monoisotopic (exact) mass is 330 g/mol. The minimum atomic E-state index is -0.388. The third-order valence-corrected chi connectivity index (χ3v) is 3.84. The summed E-state index contributed by atoms with van der Waals surface area (Å²) < 4.78 is 15.8. The molecule has 124 valence electrons. The van der Waals surface area contributed by atoms with E-state index in [4.69, 9.17) is 14.2 Å². The zero-order valence-electron chi connectivity index (χ0n) is 13.3. The average molecular weight is 331 g/mol. The number of benzene rings is 1. The highest BCUT2D eigenvalue weighted by Gasteiger charge is 2.36. The summed E-state index contributed by atoms with van der Waals surface area (Å²) >= 11 is 0. The molecule has 1 aromatic rings. The van der Waals surface area contributed by atoms with Gasteiger partial charge in [-0.05, 0) is 19.9 Å². The van der Waals surface area contributed by atoms with E-state index in [1.54, 1.807) is 33.5 Å². The molecular formula is C15H23ClN2O4. The molecule has 0 radical (unpaired) electrons. The van der Waals surface area contributed by atoms with Gasteiger partial charge in [0, 0.05) is 24.4 Å². The van der Waals surface area contributed by atoms with Crippen molar-refractivity contribution in [1.82, 2.24) is 5.32 Å². The largest absolute Gasteiger partial charge is 0.493 e. The molecule has 1 unspecified atom stereocenters. The van der Waals surface area contributed by atoms with Gasteiger partial charge in [0.25, 0.3) is 0 Å². The smallest absolute Gasteiger partial charge is 0.231 e. The Balaban J connectivity index is 0.00000242. The molecule has 7 heteroatoms. The number of carbonyl (C=O) groups is 1. The van der Waals surface area contributed by atoms with Crippen molar-refractivity contribution in [3.8, 4) is 17.2 Å². The summed E-state index contributed by atoms with van der Waals surface area (Å²) in [4.78, 5) is 12.4. The first-order valence-electron chi connectivity index (χ1n) is 6.86. The molecule has 1 fully saturated rings. The molecule has 1 atom stereocenters. The third kappa shape index (κ3) is 3.56. The van der Waals surface area contributed by atoms with Crippen molar-refractivity contribution < 1.29 is 19.0 Å². The first kappa shape index (κ1) is 18.4. The van der Waals surface area contributed by atoms with Crippen LogP contribution in [0.15, 0.2) is 12.1 Å². The Hall–Kier alpha value is -1.66. The normalized spacial score (nSPS) is 20.0. The summed E-state index contributed by atoms with van der Waals surface area (Å²) in [7, 11) is 4.64. The van der Waals surface area contributed by atoms with Crippen LogP contribution in [-0.4, -0.2) is 40.3 Å². The van der Waals surface area contributed by atoms with Gasteiger partial charge in [-0.2, -0.15) is 0 Å². The molecule has 1 aliphatic heterocycles. The molecule has 0 aliphatic carbocycles. The van der Waals surface area contributed by atoms with Crippen LogP contribution in [0, 0.1) is 5.41 Å². The van der Waals surface area contributed by atoms with Gasteiger partial charge in [-0.15, -0.1) is 12.4 Å². The molecule has 22 heavy (non-hydrogen) atoms. The van der Waals surface area contributed by atoms with Gasteiger partial charge in [0.05, 0.1) is 26.7 Å². The topological polar surface area (TPSA) is 68.8 Å². The van der Waals surface area contributed by atoms with E-state index in [0.29, 0.717) is 29.5 Å². The highest BCUT2D eigenvalue weighted by atomic mass is 35.5. The molecule has 6 nitrogen and oxygen atoms in total. The van der Waals surface area contributed by atoms with Crippen molar-refractivity contribution in [2.75, 3.05) is 39.7 Å². The molecule has 1 amide bonds. The predicted molar refractivity (Wildman–Crippen MR) is 87.6 cm³/mol. The number of halogens is 1. The summed E-state index contributed by atoms with van der Waals surface area (Å²) in [6, 6.07) is 3.45. The third-order valence-electron chi connectivity index (χ3n) is 3.84. The molecular weight excluding hydrogens is 308 g/mol. The first-order chi connectivity index (χ1) is 10.0. The second kappa shape index (κ2) is 7.56. The fourth-order valence-electron chi connectivity index (χ4n) is 2.45. The Bertz CT molecular complexity index is 505. The van der Waals surface area contributed by atoms with Gasteiger partial charge in [-0.25, -0.2) is 0 Å². The zero-order valence-corrected chi connectivity index (χ0v) is 14.1. The minimum absolute atomic E-state index is 0. The second-order valence-corrected chi connectivity index (χ2v) is 5.36. The van der Waals surface area contributed by atoms with Gasteiger partial charge in [0.15, 0.2) is 11.5 Å². The molecule has 1 aromatic carbocycles. The molecule has 2 rings (SSSR count). The van der Waals surface area contributed by atoms with E-state index >= 15 is 0 Å². The summed E-state index contributed by atoms with van der Waals surface area (Å²) in [5.41, 5.74) is 0.239. The van der Waals surface area contributed by atoms with Gasteiger partial charge in [-0.3, -0.25) is 4.79 Å². The number of hydrogen-bond donors (Lipinski definition) is 2. The van der Waals surface area contributed by atoms with E-state index in [0.717, 1.165) is 13.0 Å². The number of rotatable bonds is 5. The predicted octanol–water partition coefficient (Wildman–Crippen LogP) is 2.07. The van der Waals surface area contributed by atoms with E-state index in [1.165, 1.54) is 0 Å². The molecule has 1 aliphatic rings. The summed E-state index contributed by atoms with van der Waals surface area (Å²) in [6.07, 6.45) is 0.823. The maximum Gasteiger partial charge on any atom is 0.231 e. The second-order valence-electron chi connectivity index (χ2n) is 5.36. The van der Waals surface area contributed by atoms with Crippen molar-refractivity contribution >= 4 is 24.0 Å².